The van der Waals surface area contributed by atoms with Gasteiger partial charge in [0.05, 0.1) is 5.69 Å². The van der Waals surface area contributed by atoms with Gasteiger partial charge in [-0.05, 0) is 49.4 Å². The van der Waals surface area contributed by atoms with Gasteiger partial charge in [0.1, 0.15) is 17.9 Å². The van der Waals surface area contributed by atoms with Crippen molar-refractivity contribution in [2.75, 3.05) is 5.32 Å². The second-order valence-electron chi connectivity index (χ2n) is 7.48. The zero-order chi connectivity index (χ0) is 23.1. The summed E-state index contributed by atoms with van der Waals surface area (Å²) in [7, 11) is 0. The van der Waals surface area contributed by atoms with Crippen molar-refractivity contribution in [1.82, 2.24) is 23.8 Å². The number of carbonyl (C=O) groups excluding carboxylic acids is 2. The van der Waals surface area contributed by atoms with Crippen LogP contribution in [0.1, 0.15) is 17.3 Å². The minimum absolute atomic E-state index is 0.118. The zero-order valence-corrected chi connectivity index (χ0v) is 17.4. The molecule has 33 heavy (non-hydrogen) atoms. The molecule has 0 unspecified atom stereocenters. The van der Waals surface area contributed by atoms with Gasteiger partial charge in [-0.25, -0.2) is 22.8 Å². The Labute approximate surface area is 185 Å². The summed E-state index contributed by atoms with van der Waals surface area (Å²) >= 11 is 0. The third kappa shape index (κ3) is 3.78. The number of Topliss-reactive ketones (excluding diaryl/α,β-unsaturated/α-hetero) is 1. The van der Waals surface area contributed by atoms with Gasteiger partial charge >= 0.3 is 5.69 Å². The van der Waals surface area contributed by atoms with Gasteiger partial charge in [0.2, 0.25) is 5.91 Å². The molecule has 0 spiro atoms. The standard InChI is InChI=1S/C23H17FN6O3/c1-14(31)16-3-2-4-18(11-16)25-21(32)13-30-23(33)28-9-10-29-20(22(28)27-30)12-19(26-29)15-5-7-17(24)8-6-15/h2-12H,13H2,1H3,(H,25,32). The average molecular weight is 444 g/mol. The van der Waals surface area contributed by atoms with Gasteiger partial charge < -0.3 is 5.32 Å². The molecule has 0 bridgehead atoms. The third-order valence-electron chi connectivity index (χ3n) is 5.18. The quantitative estimate of drug-likeness (QED) is 0.420. The molecule has 0 fully saturated rings. The van der Waals surface area contributed by atoms with Crippen molar-refractivity contribution in [1.29, 1.82) is 0 Å². The molecule has 2 aromatic carbocycles. The Hall–Kier alpha value is -4.60. The first-order valence-corrected chi connectivity index (χ1v) is 10.0. The molecule has 0 atom stereocenters. The molecule has 10 heteroatoms. The highest BCUT2D eigenvalue weighted by Gasteiger charge is 2.15. The molecule has 0 radical (unpaired) electrons. The highest BCUT2D eigenvalue weighted by molar-refractivity contribution is 5.97. The number of ketones is 1. The summed E-state index contributed by atoms with van der Waals surface area (Å²) in [6.07, 6.45) is 3.12. The smallest absolute Gasteiger partial charge is 0.324 e. The van der Waals surface area contributed by atoms with Gasteiger partial charge in [-0.1, -0.05) is 12.1 Å². The number of aromatic nitrogens is 5. The lowest BCUT2D eigenvalue weighted by molar-refractivity contribution is -0.117. The van der Waals surface area contributed by atoms with E-state index in [2.05, 4.69) is 15.5 Å². The fraction of sp³-hybridized carbons (Fsp3) is 0.0870. The second-order valence-corrected chi connectivity index (χ2v) is 7.48. The van der Waals surface area contributed by atoms with Crippen LogP contribution in [0.4, 0.5) is 10.1 Å². The molecule has 9 nitrogen and oxygen atoms in total. The van der Waals surface area contributed by atoms with Gasteiger partial charge in [-0.3, -0.25) is 9.59 Å². The van der Waals surface area contributed by atoms with Crippen LogP contribution in [0.15, 0.2) is 71.8 Å². The van der Waals surface area contributed by atoms with Crippen molar-refractivity contribution in [2.45, 2.75) is 13.5 Å². The lowest BCUT2D eigenvalue weighted by atomic mass is 10.1. The fourth-order valence-electron chi connectivity index (χ4n) is 3.55. The Balaban J connectivity index is 1.46. The van der Waals surface area contributed by atoms with E-state index in [9.17, 15) is 18.8 Å². The van der Waals surface area contributed by atoms with Crippen LogP contribution in [-0.4, -0.2) is 35.5 Å². The summed E-state index contributed by atoms with van der Waals surface area (Å²) in [6.45, 7) is 1.13. The van der Waals surface area contributed by atoms with Crippen LogP contribution < -0.4 is 11.0 Å². The minimum Gasteiger partial charge on any atom is -0.324 e. The number of hydrogen-bond donors (Lipinski definition) is 1. The molecule has 0 aliphatic carbocycles. The number of nitrogens with one attached hydrogen (secondary N) is 1. The van der Waals surface area contributed by atoms with Gasteiger partial charge in [0.15, 0.2) is 11.4 Å². The van der Waals surface area contributed by atoms with E-state index in [1.54, 1.807) is 53.2 Å². The van der Waals surface area contributed by atoms with E-state index in [0.29, 0.717) is 33.7 Å². The minimum atomic E-state index is -0.482. The van der Waals surface area contributed by atoms with Gasteiger partial charge in [0, 0.05) is 29.2 Å². The number of benzene rings is 2. The summed E-state index contributed by atoms with van der Waals surface area (Å²) in [4.78, 5) is 36.8. The first kappa shape index (κ1) is 20.3. The van der Waals surface area contributed by atoms with Gasteiger partial charge in [-0.2, -0.15) is 5.10 Å². The molecule has 164 valence electrons. The van der Waals surface area contributed by atoms with E-state index >= 15 is 0 Å². The molecule has 3 heterocycles. The number of nitrogens with zero attached hydrogens (tertiary/aromatic N) is 5. The van der Waals surface area contributed by atoms with Crippen molar-refractivity contribution < 1.29 is 14.0 Å². The normalized spacial score (nSPS) is 11.2. The second kappa shape index (κ2) is 7.83. The Morgan fingerprint density at radius 1 is 1.03 bits per heavy atom. The lowest BCUT2D eigenvalue weighted by Crippen LogP contribution is -2.28. The molecule has 0 saturated carbocycles. The average Bonchev–Trinajstić information content (AvgIpc) is 3.36. The molecule has 5 rings (SSSR count). The number of amides is 1. The topological polar surface area (TPSA) is 103 Å². The lowest BCUT2D eigenvalue weighted by Gasteiger charge is -2.05. The first-order chi connectivity index (χ1) is 15.9. The van der Waals surface area contributed by atoms with E-state index in [0.717, 1.165) is 4.68 Å². The maximum atomic E-state index is 13.2. The Bertz CT molecular complexity index is 1600. The van der Waals surface area contributed by atoms with Crippen LogP contribution in [0.25, 0.3) is 22.4 Å². The van der Waals surface area contributed by atoms with E-state index < -0.39 is 11.6 Å². The summed E-state index contributed by atoms with van der Waals surface area (Å²) in [5.74, 6) is -0.924. The van der Waals surface area contributed by atoms with Gasteiger partial charge in [0.25, 0.3) is 0 Å². The highest BCUT2D eigenvalue weighted by atomic mass is 19.1. The molecule has 0 aliphatic heterocycles. The highest BCUT2D eigenvalue weighted by Crippen LogP contribution is 2.21. The summed E-state index contributed by atoms with van der Waals surface area (Å²) in [5, 5.41) is 11.5. The van der Waals surface area contributed by atoms with Crippen molar-refractivity contribution in [3.05, 3.63) is 88.9 Å². The van der Waals surface area contributed by atoms with Crippen LogP contribution >= 0.6 is 0 Å². The largest absolute Gasteiger partial charge is 0.350 e. The summed E-state index contributed by atoms with van der Waals surface area (Å²) < 4.78 is 17.2. The van der Waals surface area contributed by atoms with Crippen LogP contribution in [0.2, 0.25) is 0 Å². The monoisotopic (exact) mass is 444 g/mol. The predicted octanol–water partition coefficient (Wildman–Crippen LogP) is 2.79. The van der Waals surface area contributed by atoms with E-state index in [-0.39, 0.29) is 18.1 Å². The number of halogens is 1. The molecular weight excluding hydrogens is 427 g/mol. The number of fused-ring (bicyclic) bond motifs is 3. The maximum absolute atomic E-state index is 13.2. The molecule has 0 saturated heterocycles. The van der Waals surface area contributed by atoms with E-state index in [1.165, 1.54) is 29.7 Å². The molecule has 0 aliphatic rings. The van der Waals surface area contributed by atoms with Crippen LogP contribution in [0.5, 0.6) is 0 Å². The van der Waals surface area contributed by atoms with Crippen molar-refractivity contribution >= 4 is 28.5 Å². The Kier molecular flexibility index (Phi) is 4.82. The van der Waals surface area contributed by atoms with E-state index in [1.807, 2.05) is 0 Å². The van der Waals surface area contributed by atoms with Crippen LogP contribution in [-0.2, 0) is 11.3 Å². The SMILES string of the molecule is CC(=O)c1cccc(NC(=O)Cn2nc3c4cc(-c5ccc(F)cc5)nn4ccn3c2=O)c1. The van der Waals surface area contributed by atoms with Crippen molar-refractivity contribution in [3.8, 4) is 11.3 Å². The van der Waals surface area contributed by atoms with E-state index in [4.69, 9.17) is 0 Å². The molecule has 1 amide bonds. The molecular formula is C23H17FN6O3. The molecule has 5 aromatic rings. The maximum Gasteiger partial charge on any atom is 0.350 e. The fourth-order valence-corrected chi connectivity index (χ4v) is 3.55. The van der Waals surface area contributed by atoms with Crippen LogP contribution in [0, 0.1) is 5.82 Å². The summed E-state index contributed by atoms with van der Waals surface area (Å²) in [6, 6.07) is 14.2. The first-order valence-electron chi connectivity index (χ1n) is 10.0. The van der Waals surface area contributed by atoms with Gasteiger partial charge in [-0.15, -0.1) is 5.10 Å². The summed E-state index contributed by atoms with van der Waals surface area (Å²) in [5.41, 5.74) is 2.63. The Morgan fingerprint density at radius 3 is 2.58 bits per heavy atom. The Morgan fingerprint density at radius 2 is 1.82 bits per heavy atom. The number of rotatable bonds is 5. The van der Waals surface area contributed by atoms with Crippen LogP contribution in [0.3, 0.4) is 0 Å². The molecule has 1 N–H and O–H groups in total. The predicted molar refractivity (Wildman–Crippen MR) is 119 cm³/mol. The number of carbonyl (C=O) groups is 2. The third-order valence-corrected chi connectivity index (χ3v) is 5.18. The van der Waals surface area contributed by atoms with Crippen molar-refractivity contribution in [2.24, 2.45) is 0 Å². The zero-order valence-electron chi connectivity index (χ0n) is 17.4. The number of anilines is 1. The number of hydrogen-bond acceptors (Lipinski definition) is 5. The van der Waals surface area contributed by atoms with Crippen molar-refractivity contribution in [3.63, 3.8) is 0 Å². The molecule has 3 aromatic heterocycles.